The van der Waals surface area contributed by atoms with Gasteiger partial charge in [-0.05, 0) is 30.7 Å². The molecule has 0 amide bonds. The third kappa shape index (κ3) is 3.58. The van der Waals surface area contributed by atoms with Crippen LogP contribution >= 0.6 is 23.2 Å². The first-order valence-corrected chi connectivity index (χ1v) is 9.79. The van der Waals surface area contributed by atoms with Gasteiger partial charge < -0.3 is 4.84 Å². The number of carbonyl (C=O) groups is 1. The maximum Gasteiger partial charge on any atom is 0.329 e. The molecule has 0 saturated heterocycles. The lowest BCUT2D eigenvalue weighted by Gasteiger charge is -2.15. The van der Waals surface area contributed by atoms with Crippen molar-refractivity contribution in [3.8, 4) is 11.3 Å². The molecular weight excluding hydrogens is 427 g/mol. The predicted octanol–water partition coefficient (Wildman–Crippen LogP) is 3.74. The number of halogens is 2. The van der Waals surface area contributed by atoms with Crippen LogP contribution in [-0.2, 0) is 11.2 Å². The summed E-state index contributed by atoms with van der Waals surface area (Å²) in [5, 5.41) is 5.22. The van der Waals surface area contributed by atoms with Gasteiger partial charge in [0.15, 0.2) is 5.65 Å². The Kier molecular flexibility index (Phi) is 5.32. The fourth-order valence-electron chi connectivity index (χ4n) is 3.29. The number of hydrogen-bond donors (Lipinski definition) is 0. The second kappa shape index (κ2) is 7.93. The number of pyridine rings is 1. The quantitative estimate of drug-likeness (QED) is 0.480. The second-order valence-electron chi connectivity index (χ2n) is 6.67. The highest BCUT2D eigenvalue weighted by atomic mass is 35.5. The van der Waals surface area contributed by atoms with Crippen molar-refractivity contribution in [2.45, 2.75) is 20.3 Å². The van der Waals surface area contributed by atoms with E-state index in [-0.39, 0.29) is 5.56 Å². The Morgan fingerprint density at radius 2 is 1.90 bits per heavy atom. The summed E-state index contributed by atoms with van der Waals surface area (Å²) in [6, 6.07) is 10.2. The molecule has 152 valence electrons. The summed E-state index contributed by atoms with van der Waals surface area (Å²) in [7, 11) is 0. The molecule has 0 atom stereocenters. The zero-order chi connectivity index (χ0) is 21.4. The Balaban J connectivity index is 2.03. The molecule has 0 radical (unpaired) electrons. The summed E-state index contributed by atoms with van der Waals surface area (Å²) in [6.07, 6.45) is 3.53. The molecule has 7 nitrogen and oxygen atoms in total. The van der Waals surface area contributed by atoms with Crippen LogP contribution in [0.4, 0.5) is 0 Å². The van der Waals surface area contributed by atoms with Crippen LogP contribution in [0.1, 0.15) is 23.7 Å². The van der Waals surface area contributed by atoms with Crippen LogP contribution in [-0.4, -0.2) is 25.3 Å². The smallest absolute Gasteiger partial charge is 0.329 e. The molecular formula is C21H16Cl2N4O3. The second-order valence-corrected chi connectivity index (χ2v) is 7.46. The van der Waals surface area contributed by atoms with Crippen molar-refractivity contribution in [2.75, 3.05) is 0 Å². The topological polar surface area (TPSA) is 78.5 Å². The number of fused-ring (bicyclic) bond motifs is 1. The van der Waals surface area contributed by atoms with E-state index in [0.717, 1.165) is 5.56 Å². The normalized spacial score (nSPS) is 11.1. The highest BCUT2D eigenvalue weighted by Gasteiger charge is 2.22. The van der Waals surface area contributed by atoms with E-state index in [1.165, 1.54) is 22.2 Å². The summed E-state index contributed by atoms with van der Waals surface area (Å²) in [4.78, 5) is 34.2. The van der Waals surface area contributed by atoms with Crippen LogP contribution in [0.2, 0.25) is 10.0 Å². The third-order valence-corrected chi connectivity index (χ3v) is 5.49. The molecule has 3 heterocycles. The summed E-state index contributed by atoms with van der Waals surface area (Å²) in [5.74, 6) is -0.540. The average molecular weight is 443 g/mol. The average Bonchev–Trinajstić information content (AvgIpc) is 3.05. The molecule has 0 aliphatic heterocycles. The van der Waals surface area contributed by atoms with Crippen molar-refractivity contribution in [3.05, 3.63) is 86.0 Å². The summed E-state index contributed by atoms with van der Waals surface area (Å²) < 4.78 is 2.55. The Morgan fingerprint density at radius 1 is 1.17 bits per heavy atom. The molecule has 3 aromatic heterocycles. The standard InChI is InChI=1S/C21H16Cl2N4O3/c1-12-16(10-15-4-3-5-17(22)20(15)23)21-26(25-12)19(29)11-18(27(21)30-13(2)28)14-6-8-24-9-7-14/h3-9,11H,10H2,1-2H3. The number of rotatable bonds is 4. The maximum absolute atomic E-state index is 12.8. The predicted molar refractivity (Wildman–Crippen MR) is 114 cm³/mol. The van der Waals surface area contributed by atoms with Crippen molar-refractivity contribution in [1.82, 2.24) is 19.3 Å². The molecule has 0 N–H and O–H groups in total. The lowest BCUT2D eigenvalue weighted by molar-refractivity contribution is -0.140. The highest BCUT2D eigenvalue weighted by Crippen LogP contribution is 2.30. The highest BCUT2D eigenvalue weighted by molar-refractivity contribution is 6.42. The Labute approximate surface area is 181 Å². The van der Waals surface area contributed by atoms with Crippen molar-refractivity contribution in [2.24, 2.45) is 0 Å². The summed E-state index contributed by atoms with van der Waals surface area (Å²) in [6.45, 7) is 3.08. The summed E-state index contributed by atoms with van der Waals surface area (Å²) >= 11 is 12.5. The number of aryl methyl sites for hydroxylation is 1. The van der Waals surface area contributed by atoms with E-state index >= 15 is 0 Å². The molecule has 9 heteroatoms. The fourth-order valence-corrected chi connectivity index (χ4v) is 3.67. The van der Waals surface area contributed by atoms with Crippen LogP contribution < -0.4 is 10.4 Å². The zero-order valence-electron chi connectivity index (χ0n) is 16.1. The minimum Gasteiger partial charge on any atom is -0.335 e. The van der Waals surface area contributed by atoms with Gasteiger partial charge in [-0.15, -0.1) is 0 Å². The zero-order valence-corrected chi connectivity index (χ0v) is 17.6. The van der Waals surface area contributed by atoms with E-state index in [2.05, 4.69) is 10.1 Å². The van der Waals surface area contributed by atoms with Crippen LogP contribution in [0.5, 0.6) is 0 Å². The van der Waals surface area contributed by atoms with Gasteiger partial charge in [-0.2, -0.15) is 14.3 Å². The van der Waals surface area contributed by atoms with Gasteiger partial charge in [0.2, 0.25) is 0 Å². The van der Waals surface area contributed by atoms with E-state index in [0.29, 0.717) is 44.6 Å². The largest absolute Gasteiger partial charge is 0.335 e. The number of carbonyl (C=O) groups excluding carboxylic acids is 1. The Bertz CT molecular complexity index is 1330. The molecule has 0 saturated carbocycles. The third-order valence-electron chi connectivity index (χ3n) is 4.63. The first-order chi connectivity index (χ1) is 14.4. The lowest BCUT2D eigenvalue weighted by atomic mass is 10.1. The fraction of sp³-hybridized carbons (Fsp3) is 0.143. The first kappa shape index (κ1) is 20.1. The molecule has 1 aromatic carbocycles. The van der Waals surface area contributed by atoms with E-state index in [1.54, 1.807) is 43.6 Å². The van der Waals surface area contributed by atoms with E-state index in [4.69, 9.17) is 28.0 Å². The van der Waals surface area contributed by atoms with Crippen molar-refractivity contribution < 1.29 is 9.63 Å². The van der Waals surface area contributed by atoms with E-state index < -0.39 is 5.97 Å². The maximum atomic E-state index is 12.8. The molecule has 0 fully saturated rings. The molecule has 0 aliphatic carbocycles. The number of benzene rings is 1. The molecule has 0 aliphatic rings. The van der Waals surface area contributed by atoms with Crippen LogP contribution in [0.3, 0.4) is 0 Å². The molecule has 4 aromatic rings. The van der Waals surface area contributed by atoms with Crippen molar-refractivity contribution >= 4 is 34.8 Å². The van der Waals surface area contributed by atoms with Crippen LogP contribution in [0.15, 0.2) is 53.6 Å². The van der Waals surface area contributed by atoms with E-state index in [1.807, 2.05) is 6.07 Å². The van der Waals surface area contributed by atoms with Gasteiger partial charge in [0.25, 0.3) is 5.56 Å². The molecule has 0 spiro atoms. The molecule has 4 rings (SSSR count). The van der Waals surface area contributed by atoms with Crippen LogP contribution in [0.25, 0.3) is 16.9 Å². The Morgan fingerprint density at radius 3 is 2.60 bits per heavy atom. The number of aromatic nitrogens is 4. The summed E-state index contributed by atoms with van der Waals surface area (Å²) in [5.41, 5.74) is 3.12. The molecule has 0 unspecified atom stereocenters. The monoisotopic (exact) mass is 442 g/mol. The minimum absolute atomic E-state index is 0.342. The van der Waals surface area contributed by atoms with Crippen molar-refractivity contribution in [3.63, 3.8) is 0 Å². The number of nitrogens with zero attached hydrogens (tertiary/aromatic N) is 4. The number of hydrogen-bond acceptors (Lipinski definition) is 5. The van der Waals surface area contributed by atoms with Gasteiger partial charge in [0, 0.05) is 42.9 Å². The van der Waals surface area contributed by atoms with Gasteiger partial charge >= 0.3 is 5.97 Å². The molecule has 30 heavy (non-hydrogen) atoms. The molecule has 0 bridgehead atoms. The Hall–Kier alpha value is -3.16. The van der Waals surface area contributed by atoms with Gasteiger partial charge in [0.05, 0.1) is 21.4 Å². The van der Waals surface area contributed by atoms with Gasteiger partial charge in [0.1, 0.15) is 0 Å². The van der Waals surface area contributed by atoms with Gasteiger partial charge in [-0.25, -0.2) is 4.79 Å². The van der Waals surface area contributed by atoms with Crippen molar-refractivity contribution in [1.29, 1.82) is 0 Å². The van der Waals surface area contributed by atoms with Crippen LogP contribution in [0, 0.1) is 6.92 Å². The SMILES string of the molecule is CC(=O)On1c(-c2ccncc2)cc(=O)n2nc(C)c(Cc3cccc(Cl)c3Cl)c12. The van der Waals surface area contributed by atoms with Gasteiger partial charge in [-0.1, -0.05) is 35.3 Å². The first-order valence-electron chi connectivity index (χ1n) is 9.03. The lowest BCUT2D eigenvalue weighted by Crippen LogP contribution is -2.26. The van der Waals surface area contributed by atoms with E-state index in [9.17, 15) is 9.59 Å². The van der Waals surface area contributed by atoms with Gasteiger partial charge in [-0.3, -0.25) is 9.78 Å². The minimum atomic E-state index is -0.540.